The Labute approximate surface area is 196 Å². The van der Waals surface area contributed by atoms with E-state index >= 15 is 0 Å². The second kappa shape index (κ2) is 9.54. The Hall–Kier alpha value is -3.89. The van der Waals surface area contributed by atoms with Crippen molar-refractivity contribution in [1.82, 2.24) is 25.1 Å². The van der Waals surface area contributed by atoms with Gasteiger partial charge < -0.3 is 25.2 Å². The highest BCUT2D eigenvalue weighted by atomic mass is 19.1. The molecule has 10 nitrogen and oxygen atoms in total. The third kappa shape index (κ3) is 5.03. The number of anilines is 5. The molecule has 2 fully saturated rings. The molecule has 1 amide bonds. The van der Waals surface area contributed by atoms with Crippen LogP contribution >= 0.6 is 0 Å². The molecule has 3 aromatic rings. The molecule has 1 aliphatic carbocycles. The van der Waals surface area contributed by atoms with Gasteiger partial charge in [0, 0.05) is 55.2 Å². The maximum atomic E-state index is 14.3. The van der Waals surface area contributed by atoms with Crippen LogP contribution in [0.15, 0.2) is 36.5 Å². The monoisotopic (exact) mass is 466 g/mol. The number of carbonyl (C=O) groups excluding carboxylic acids is 1. The molecular weight excluding hydrogens is 439 g/mol. The number of piperazine rings is 1. The third-order valence-corrected chi connectivity index (χ3v) is 5.90. The molecule has 0 atom stereocenters. The molecule has 1 saturated heterocycles. The molecule has 11 heteroatoms. The number of benzene rings is 1. The van der Waals surface area contributed by atoms with E-state index in [0.717, 1.165) is 49.2 Å². The summed E-state index contributed by atoms with van der Waals surface area (Å²) in [5.74, 6) is 0.830. The Balaban J connectivity index is 1.19. The first-order chi connectivity index (χ1) is 16.6. The zero-order chi connectivity index (χ0) is 23.5. The van der Waals surface area contributed by atoms with Gasteiger partial charge in [0.1, 0.15) is 0 Å². The molecule has 2 aromatic heterocycles. The van der Waals surface area contributed by atoms with Crippen LogP contribution in [0.25, 0.3) is 0 Å². The number of carbonyl (C=O) groups is 1. The van der Waals surface area contributed by atoms with Crippen LogP contribution in [-0.2, 0) is 4.74 Å². The van der Waals surface area contributed by atoms with Gasteiger partial charge in [-0.25, -0.2) is 14.2 Å². The standard InChI is InChI=1S/C23H27FN8O2/c1-2-34-23(33)32-11-9-31(10-12-32)17-7-5-16(6-8-17)26-22-25-14-18(24)21(28-22)27-20-13-19(29-30-20)15-3-4-15/h5-8,13-15H,2-4,9-12H2,1H3,(H3,25,26,27,28,29,30). The summed E-state index contributed by atoms with van der Waals surface area (Å²) in [5.41, 5.74) is 2.89. The van der Waals surface area contributed by atoms with Gasteiger partial charge in [0.05, 0.1) is 12.8 Å². The van der Waals surface area contributed by atoms with Gasteiger partial charge in [-0.05, 0) is 44.0 Å². The summed E-state index contributed by atoms with van der Waals surface area (Å²) in [4.78, 5) is 24.1. The van der Waals surface area contributed by atoms with E-state index in [2.05, 4.69) is 35.7 Å². The van der Waals surface area contributed by atoms with Gasteiger partial charge in [0.15, 0.2) is 17.5 Å². The second-order valence-corrected chi connectivity index (χ2v) is 8.34. The Kier molecular flexibility index (Phi) is 6.15. The predicted octanol–water partition coefficient (Wildman–Crippen LogP) is 3.98. The van der Waals surface area contributed by atoms with Crippen molar-refractivity contribution in [1.29, 1.82) is 0 Å². The van der Waals surface area contributed by atoms with Gasteiger partial charge in [0.2, 0.25) is 5.95 Å². The maximum absolute atomic E-state index is 14.3. The van der Waals surface area contributed by atoms with Crippen molar-refractivity contribution in [2.24, 2.45) is 0 Å². The molecule has 0 bridgehead atoms. The maximum Gasteiger partial charge on any atom is 0.409 e. The van der Waals surface area contributed by atoms with Gasteiger partial charge in [0.25, 0.3) is 0 Å². The number of nitrogens with zero attached hydrogens (tertiary/aromatic N) is 5. The first kappa shape index (κ1) is 21.9. The second-order valence-electron chi connectivity index (χ2n) is 8.34. The highest BCUT2D eigenvalue weighted by Crippen LogP contribution is 2.39. The van der Waals surface area contributed by atoms with Crippen LogP contribution in [0.2, 0.25) is 0 Å². The van der Waals surface area contributed by atoms with E-state index in [9.17, 15) is 9.18 Å². The number of nitrogens with one attached hydrogen (secondary N) is 3. The molecule has 34 heavy (non-hydrogen) atoms. The molecule has 3 N–H and O–H groups in total. The van der Waals surface area contributed by atoms with Crippen molar-refractivity contribution in [3.05, 3.63) is 48.0 Å². The van der Waals surface area contributed by atoms with E-state index in [-0.39, 0.29) is 17.9 Å². The van der Waals surface area contributed by atoms with Crippen molar-refractivity contribution >= 4 is 35.1 Å². The molecule has 5 rings (SSSR count). The lowest BCUT2D eigenvalue weighted by molar-refractivity contribution is 0.105. The van der Waals surface area contributed by atoms with Crippen LogP contribution in [0, 0.1) is 5.82 Å². The summed E-state index contributed by atoms with van der Waals surface area (Å²) >= 11 is 0. The smallest absolute Gasteiger partial charge is 0.409 e. The van der Waals surface area contributed by atoms with E-state index in [1.54, 1.807) is 4.90 Å². The number of rotatable bonds is 7. The number of ether oxygens (including phenoxy) is 1. The van der Waals surface area contributed by atoms with Crippen molar-refractivity contribution in [2.45, 2.75) is 25.7 Å². The zero-order valence-corrected chi connectivity index (χ0v) is 18.9. The fourth-order valence-electron chi connectivity index (χ4n) is 3.89. The molecule has 3 heterocycles. The number of hydrogen-bond acceptors (Lipinski definition) is 8. The molecule has 0 spiro atoms. The summed E-state index contributed by atoms with van der Waals surface area (Å²) in [7, 11) is 0. The largest absolute Gasteiger partial charge is 0.450 e. The fraction of sp³-hybridized carbons (Fsp3) is 0.391. The number of aromatic nitrogens is 4. The molecule has 178 valence electrons. The van der Waals surface area contributed by atoms with E-state index in [0.29, 0.717) is 31.4 Å². The average Bonchev–Trinajstić information content (AvgIpc) is 3.60. The number of aromatic amines is 1. The van der Waals surface area contributed by atoms with E-state index in [1.807, 2.05) is 37.3 Å². The first-order valence-corrected chi connectivity index (χ1v) is 11.5. The van der Waals surface area contributed by atoms with Crippen LogP contribution in [0.5, 0.6) is 0 Å². The molecule has 1 aliphatic heterocycles. The lowest BCUT2D eigenvalue weighted by atomic mass is 10.2. The quantitative estimate of drug-likeness (QED) is 0.480. The molecule has 2 aliphatic rings. The predicted molar refractivity (Wildman–Crippen MR) is 126 cm³/mol. The van der Waals surface area contributed by atoms with Crippen LogP contribution in [-0.4, -0.2) is 63.9 Å². The number of hydrogen-bond donors (Lipinski definition) is 3. The molecule has 1 aromatic carbocycles. The summed E-state index contributed by atoms with van der Waals surface area (Å²) in [5, 5.41) is 13.2. The van der Waals surface area contributed by atoms with Crippen LogP contribution < -0.4 is 15.5 Å². The highest BCUT2D eigenvalue weighted by molar-refractivity contribution is 5.68. The van der Waals surface area contributed by atoms with E-state index in [1.165, 1.54) is 0 Å². The first-order valence-electron chi connectivity index (χ1n) is 11.5. The van der Waals surface area contributed by atoms with Crippen molar-refractivity contribution in [3.63, 3.8) is 0 Å². The van der Waals surface area contributed by atoms with Crippen molar-refractivity contribution in [3.8, 4) is 0 Å². The minimum atomic E-state index is -0.557. The van der Waals surface area contributed by atoms with Crippen LogP contribution in [0.4, 0.5) is 38.1 Å². The third-order valence-electron chi connectivity index (χ3n) is 5.90. The van der Waals surface area contributed by atoms with Crippen LogP contribution in [0.1, 0.15) is 31.4 Å². The Morgan fingerprint density at radius 3 is 2.65 bits per heavy atom. The van der Waals surface area contributed by atoms with E-state index < -0.39 is 5.82 Å². The number of H-pyrrole nitrogens is 1. The van der Waals surface area contributed by atoms with Gasteiger partial charge in [-0.2, -0.15) is 10.1 Å². The molecular formula is C23H27FN8O2. The Bertz CT molecular complexity index is 1140. The normalized spacial score (nSPS) is 15.8. The van der Waals surface area contributed by atoms with Crippen molar-refractivity contribution in [2.75, 3.05) is 48.3 Å². The fourth-order valence-corrected chi connectivity index (χ4v) is 3.89. The zero-order valence-electron chi connectivity index (χ0n) is 18.9. The van der Waals surface area contributed by atoms with Gasteiger partial charge in [-0.1, -0.05) is 0 Å². The average molecular weight is 467 g/mol. The minimum absolute atomic E-state index is 0.0578. The van der Waals surface area contributed by atoms with Crippen LogP contribution in [0.3, 0.4) is 0 Å². The number of amides is 1. The van der Waals surface area contributed by atoms with Crippen molar-refractivity contribution < 1.29 is 13.9 Å². The van der Waals surface area contributed by atoms with Gasteiger partial charge >= 0.3 is 6.09 Å². The summed E-state index contributed by atoms with van der Waals surface area (Å²) < 4.78 is 19.3. The molecule has 0 radical (unpaired) electrons. The number of halogens is 1. The topological polar surface area (TPSA) is 111 Å². The SMILES string of the molecule is CCOC(=O)N1CCN(c2ccc(Nc3ncc(F)c(Nc4cc(C5CC5)[nH]n4)n3)cc2)CC1. The minimum Gasteiger partial charge on any atom is -0.450 e. The van der Waals surface area contributed by atoms with Gasteiger partial charge in [-0.3, -0.25) is 5.10 Å². The molecule has 0 unspecified atom stereocenters. The van der Waals surface area contributed by atoms with Gasteiger partial charge in [-0.15, -0.1) is 0 Å². The lowest BCUT2D eigenvalue weighted by Gasteiger charge is -2.35. The highest BCUT2D eigenvalue weighted by Gasteiger charge is 2.26. The lowest BCUT2D eigenvalue weighted by Crippen LogP contribution is -2.49. The van der Waals surface area contributed by atoms with E-state index in [4.69, 9.17) is 4.74 Å². The summed E-state index contributed by atoms with van der Waals surface area (Å²) in [6, 6.07) is 9.71. The molecule has 1 saturated carbocycles. The summed E-state index contributed by atoms with van der Waals surface area (Å²) in [6.45, 7) is 4.90. The Morgan fingerprint density at radius 2 is 1.94 bits per heavy atom. The Morgan fingerprint density at radius 1 is 1.18 bits per heavy atom. The summed E-state index contributed by atoms with van der Waals surface area (Å²) in [6.07, 6.45) is 3.18.